The molecule has 2 rings (SSSR count). The van der Waals surface area contributed by atoms with Crippen LogP contribution < -0.4 is 5.32 Å². The third kappa shape index (κ3) is 3.61. The van der Waals surface area contributed by atoms with Crippen molar-refractivity contribution in [3.63, 3.8) is 0 Å². The Morgan fingerprint density at radius 1 is 1.06 bits per heavy atom. The standard InChI is InChI=1S/C13H10Br2INO/c14-10-3-2-9(16)6-12(10)17-7-8-1-4-13(18)11(15)5-8/h1-6,17-18H,7H2. The molecule has 18 heavy (non-hydrogen) atoms. The fourth-order valence-corrected chi connectivity index (χ4v) is 2.79. The molecule has 0 unspecified atom stereocenters. The van der Waals surface area contributed by atoms with Gasteiger partial charge in [0.15, 0.2) is 0 Å². The molecule has 0 aliphatic carbocycles. The summed E-state index contributed by atoms with van der Waals surface area (Å²) < 4.78 is 2.94. The number of benzene rings is 2. The molecule has 2 N–H and O–H groups in total. The highest BCUT2D eigenvalue weighted by Crippen LogP contribution is 2.27. The van der Waals surface area contributed by atoms with Crippen molar-refractivity contribution in [2.75, 3.05) is 5.32 Å². The van der Waals surface area contributed by atoms with E-state index in [9.17, 15) is 5.11 Å². The van der Waals surface area contributed by atoms with Crippen molar-refractivity contribution in [3.05, 3.63) is 54.5 Å². The van der Waals surface area contributed by atoms with Gasteiger partial charge >= 0.3 is 0 Å². The van der Waals surface area contributed by atoms with Crippen molar-refractivity contribution in [1.82, 2.24) is 0 Å². The van der Waals surface area contributed by atoms with Crippen LogP contribution in [0.4, 0.5) is 5.69 Å². The second kappa shape index (κ2) is 6.25. The van der Waals surface area contributed by atoms with Crippen molar-refractivity contribution in [3.8, 4) is 5.75 Å². The van der Waals surface area contributed by atoms with Crippen LogP contribution in [-0.4, -0.2) is 5.11 Å². The summed E-state index contributed by atoms with van der Waals surface area (Å²) in [4.78, 5) is 0. The largest absolute Gasteiger partial charge is 0.507 e. The number of phenolic OH excluding ortho intramolecular Hbond substituents is 1. The normalized spacial score (nSPS) is 10.4. The third-order valence-corrected chi connectivity index (χ3v) is 4.42. The van der Waals surface area contributed by atoms with Crippen LogP contribution in [0, 0.1) is 3.57 Å². The molecule has 0 aliphatic heterocycles. The van der Waals surface area contributed by atoms with Crippen LogP contribution in [0.15, 0.2) is 45.3 Å². The summed E-state index contributed by atoms with van der Waals surface area (Å²) in [7, 11) is 0. The van der Waals surface area contributed by atoms with Crippen LogP contribution in [0.1, 0.15) is 5.56 Å². The van der Waals surface area contributed by atoms with Crippen LogP contribution in [0.5, 0.6) is 5.75 Å². The summed E-state index contributed by atoms with van der Waals surface area (Å²) in [6.45, 7) is 0.706. The van der Waals surface area contributed by atoms with Gasteiger partial charge in [-0.1, -0.05) is 6.07 Å². The van der Waals surface area contributed by atoms with Gasteiger partial charge in [0.25, 0.3) is 0 Å². The first-order valence-electron chi connectivity index (χ1n) is 5.22. The van der Waals surface area contributed by atoms with Crippen LogP contribution in [0.3, 0.4) is 0 Å². The number of hydrogen-bond donors (Lipinski definition) is 2. The molecule has 0 amide bonds. The van der Waals surface area contributed by atoms with Gasteiger partial charge < -0.3 is 10.4 Å². The molecule has 0 radical (unpaired) electrons. The summed E-state index contributed by atoms with van der Waals surface area (Å²) >= 11 is 9.11. The maximum absolute atomic E-state index is 9.43. The SMILES string of the molecule is Oc1ccc(CNc2cc(I)ccc2Br)cc1Br. The van der Waals surface area contributed by atoms with Crippen molar-refractivity contribution in [2.45, 2.75) is 6.54 Å². The number of hydrogen-bond acceptors (Lipinski definition) is 2. The van der Waals surface area contributed by atoms with E-state index in [2.05, 4.69) is 65.8 Å². The van der Waals surface area contributed by atoms with E-state index in [1.807, 2.05) is 24.3 Å². The summed E-state index contributed by atoms with van der Waals surface area (Å²) in [5.41, 5.74) is 2.16. The van der Waals surface area contributed by atoms with Crippen molar-refractivity contribution in [1.29, 1.82) is 0 Å². The van der Waals surface area contributed by atoms with Gasteiger partial charge in [0.2, 0.25) is 0 Å². The smallest absolute Gasteiger partial charge is 0.129 e. The van der Waals surface area contributed by atoms with Gasteiger partial charge in [-0.05, 0) is 90.3 Å². The van der Waals surface area contributed by atoms with Gasteiger partial charge in [0, 0.05) is 20.3 Å². The lowest BCUT2D eigenvalue weighted by Crippen LogP contribution is -2.00. The molecule has 0 bridgehead atoms. The molecule has 2 nitrogen and oxygen atoms in total. The van der Waals surface area contributed by atoms with Crippen molar-refractivity contribution >= 4 is 60.1 Å². The number of aromatic hydroxyl groups is 1. The molecule has 0 atom stereocenters. The first-order valence-corrected chi connectivity index (χ1v) is 7.89. The van der Waals surface area contributed by atoms with Crippen LogP contribution in [0.25, 0.3) is 0 Å². The average molecular weight is 483 g/mol. The minimum absolute atomic E-state index is 0.259. The summed E-state index contributed by atoms with van der Waals surface area (Å²) in [5.74, 6) is 0.259. The zero-order valence-corrected chi connectivity index (χ0v) is 14.6. The lowest BCUT2D eigenvalue weighted by molar-refractivity contribution is 0.471. The summed E-state index contributed by atoms with van der Waals surface area (Å²) in [5, 5.41) is 12.8. The molecule has 2 aromatic carbocycles. The first-order chi connectivity index (χ1) is 8.56. The Labute approximate surface area is 136 Å². The number of halogens is 3. The van der Waals surface area contributed by atoms with Gasteiger partial charge in [-0.25, -0.2) is 0 Å². The molecular weight excluding hydrogens is 473 g/mol. The molecule has 5 heteroatoms. The molecule has 0 saturated carbocycles. The molecule has 0 saturated heterocycles. The second-order valence-electron chi connectivity index (χ2n) is 3.76. The predicted octanol–water partition coefficient (Wildman–Crippen LogP) is 5.13. The van der Waals surface area contributed by atoms with E-state index in [1.54, 1.807) is 6.07 Å². The number of phenols is 1. The Balaban J connectivity index is 2.11. The van der Waals surface area contributed by atoms with E-state index >= 15 is 0 Å². The molecule has 0 heterocycles. The van der Waals surface area contributed by atoms with E-state index in [0.29, 0.717) is 11.0 Å². The summed E-state index contributed by atoms with van der Waals surface area (Å²) in [6, 6.07) is 11.6. The molecular formula is C13H10Br2INO. The van der Waals surface area contributed by atoms with Crippen LogP contribution in [-0.2, 0) is 6.54 Å². The van der Waals surface area contributed by atoms with Crippen molar-refractivity contribution < 1.29 is 5.11 Å². The van der Waals surface area contributed by atoms with Crippen LogP contribution in [0.2, 0.25) is 0 Å². The highest BCUT2D eigenvalue weighted by atomic mass is 127. The fourth-order valence-electron chi connectivity index (χ4n) is 1.49. The molecule has 94 valence electrons. The van der Waals surface area contributed by atoms with E-state index in [-0.39, 0.29) is 5.75 Å². The Hall–Kier alpha value is -0.270. The Bertz CT molecular complexity index is 575. The van der Waals surface area contributed by atoms with Gasteiger partial charge in [0.1, 0.15) is 5.75 Å². The Morgan fingerprint density at radius 2 is 1.83 bits per heavy atom. The monoisotopic (exact) mass is 481 g/mol. The zero-order valence-electron chi connectivity index (χ0n) is 9.25. The average Bonchev–Trinajstić information content (AvgIpc) is 2.34. The van der Waals surface area contributed by atoms with E-state index < -0.39 is 0 Å². The minimum Gasteiger partial charge on any atom is -0.507 e. The number of anilines is 1. The van der Waals surface area contributed by atoms with Crippen molar-refractivity contribution in [2.24, 2.45) is 0 Å². The molecule has 2 aromatic rings. The van der Waals surface area contributed by atoms with Gasteiger partial charge in [-0.2, -0.15) is 0 Å². The molecule has 0 spiro atoms. The molecule has 0 aliphatic rings. The quantitative estimate of drug-likeness (QED) is 0.594. The number of rotatable bonds is 3. The van der Waals surface area contributed by atoms with E-state index in [1.165, 1.54) is 3.57 Å². The lowest BCUT2D eigenvalue weighted by atomic mass is 10.2. The highest BCUT2D eigenvalue weighted by Gasteiger charge is 2.02. The second-order valence-corrected chi connectivity index (χ2v) is 6.72. The Kier molecular flexibility index (Phi) is 4.91. The van der Waals surface area contributed by atoms with Gasteiger partial charge in [0.05, 0.1) is 4.47 Å². The van der Waals surface area contributed by atoms with Gasteiger partial charge in [-0.3, -0.25) is 0 Å². The zero-order chi connectivity index (χ0) is 13.1. The predicted molar refractivity (Wildman–Crippen MR) is 90.0 cm³/mol. The Morgan fingerprint density at radius 3 is 2.56 bits per heavy atom. The topological polar surface area (TPSA) is 32.3 Å². The first kappa shape index (κ1) is 14.1. The molecule has 0 aromatic heterocycles. The lowest BCUT2D eigenvalue weighted by Gasteiger charge is -2.10. The minimum atomic E-state index is 0.259. The van der Waals surface area contributed by atoms with Crippen LogP contribution >= 0.6 is 54.5 Å². The maximum atomic E-state index is 9.43. The fraction of sp³-hybridized carbons (Fsp3) is 0.0769. The maximum Gasteiger partial charge on any atom is 0.129 e. The van der Waals surface area contributed by atoms with E-state index in [0.717, 1.165) is 15.7 Å². The van der Waals surface area contributed by atoms with Gasteiger partial charge in [-0.15, -0.1) is 0 Å². The highest BCUT2D eigenvalue weighted by molar-refractivity contribution is 14.1. The third-order valence-electron chi connectivity index (χ3n) is 2.42. The molecule has 0 fully saturated rings. The number of nitrogens with one attached hydrogen (secondary N) is 1. The van der Waals surface area contributed by atoms with E-state index in [4.69, 9.17) is 0 Å². The summed E-state index contributed by atoms with van der Waals surface area (Å²) in [6.07, 6.45) is 0.